The third kappa shape index (κ3) is 39.0. The van der Waals surface area contributed by atoms with Crippen molar-refractivity contribution in [1.82, 2.24) is 5.32 Å². The van der Waals surface area contributed by atoms with Crippen LogP contribution < -0.4 is 5.32 Å². The molecule has 0 saturated heterocycles. The van der Waals surface area contributed by atoms with Gasteiger partial charge in [-0.05, 0) is 57.8 Å². The summed E-state index contributed by atoms with van der Waals surface area (Å²) in [6, 6.07) is -0.694. The summed E-state index contributed by atoms with van der Waals surface area (Å²) >= 11 is 0. The van der Waals surface area contributed by atoms with Crippen LogP contribution in [0.15, 0.2) is 24.3 Å². The molecule has 0 aromatic carbocycles. The lowest BCUT2D eigenvalue weighted by Gasteiger charge is -2.24. The van der Waals surface area contributed by atoms with Gasteiger partial charge in [-0.25, -0.2) is 0 Å². The van der Waals surface area contributed by atoms with Crippen molar-refractivity contribution in [2.75, 3.05) is 6.61 Å². The van der Waals surface area contributed by atoms with Crippen LogP contribution in [0.25, 0.3) is 0 Å². The van der Waals surface area contributed by atoms with E-state index < -0.39 is 18.2 Å². The fraction of sp³-hybridized carbons (Fsp3) is 0.878. The summed E-state index contributed by atoms with van der Waals surface area (Å²) in [7, 11) is 0. The first-order valence-electron chi connectivity index (χ1n) is 24.1. The first-order chi connectivity index (χ1) is 27.0. The third-order valence-electron chi connectivity index (χ3n) is 11.0. The standard InChI is InChI=1S/C49H93NO5/c1-4-7-10-13-16-19-20-21-22-23-24-25-26-27-28-30-33-36-39-42-49(54)55-45(40-37-34-31-18-15-12-9-6-3)43-48(53)50-46(44-51)47(52)41-38-35-32-29-17-14-11-8-5-2/h16,19,21-22,45-47,51-52H,4-15,17-18,20,23-44H2,1-3H3,(H,50,53)/b19-16-,22-21-. The molecule has 3 N–H and O–H groups in total. The van der Waals surface area contributed by atoms with Crippen LogP contribution >= 0.6 is 0 Å². The number of ether oxygens (including phenoxy) is 1. The molecular formula is C49H93NO5. The summed E-state index contributed by atoms with van der Waals surface area (Å²) in [5.41, 5.74) is 0. The molecule has 3 atom stereocenters. The Morgan fingerprint density at radius 2 is 0.927 bits per heavy atom. The molecule has 0 aliphatic heterocycles. The molecule has 0 spiro atoms. The number of amides is 1. The Kier molecular flexibility index (Phi) is 42.2. The highest BCUT2D eigenvalue weighted by Gasteiger charge is 2.24. The zero-order valence-electron chi connectivity index (χ0n) is 36.8. The van der Waals surface area contributed by atoms with Gasteiger partial charge in [-0.15, -0.1) is 0 Å². The fourth-order valence-corrected chi connectivity index (χ4v) is 7.34. The van der Waals surface area contributed by atoms with Gasteiger partial charge in [0, 0.05) is 6.42 Å². The van der Waals surface area contributed by atoms with E-state index in [1.165, 1.54) is 148 Å². The zero-order chi connectivity index (χ0) is 40.3. The van der Waals surface area contributed by atoms with E-state index in [1.807, 2.05) is 0 Å². The summed E-state index contributed by atoms with van der Waals surface area (Å²) in [6.07, 6.45) is 48.2. The van der Waals surface area contributed by atoms with Crippen molar-refractivity contribution in [2.45, 2.75) is 270 Å². The second-order valence-corrected chi connectivity index (χ2v) is 16.5. The second kappa shape index (κ2) is 43.5. The number of esters is 1. The molecule has 0 fully saturated rings. The number of nitrogens with one attached hydrogen (secondary N) is 1. The molecular weight excluding hydrogens is 683 g/mol. The monoisotopic (exact) mass is 776 g/mol. The molecule has 3 unspecified atom stereocenters. The van der Waals surface area contributed by atoms with Crippen molar-refractivity contribution in [3.05, 3.63) is 24.3 Å². The van der Waals surface area contributed by atoms with Crippen molar-refractivity contribution in [1.29, 1.82) is 0 Å². The minimum Gasteiger partial charge on any atom is -0.462 e. The number of aliphatic hydroxyl groups is 2. The number of unbranched alkanes of at least 4 members (excludes halogenated alkanes) is 27. The number of carbonyl (C=O) groups excluding carboxylic acids is 2. The third-order valence-corrected chi connectivity index (χ3v) is 11.0. The molecule has 0 aromatic rings. The van der Waals surface area contributed by atoms with Gasteiger partial charge in [0.2, 0.25) is 5.91 Å². The lowest BCUT2D eigenvalue weighted by molar-refractivity contribution is -0.151. The van der Waals surface area contributed by atoms with E-state index in [1.54, 1.807) is 0 Å². The van der Waals surface area contributed by atoms with Crippen LogP contribution in [0.5, 0.6) is 0 Å². The first-order valence-corrected chi connectivity index (χ1v) is 24.1. The van der Waals surface area contributed by atoms with Crippen LogP contribution in [0.2, 0.25) is 0 Å². The number of carbonyl (C=O) groups is 2. The summed E-state index contributed by atoms with van der Waals surface area (Å²) in [6.45, 7) is 6.42. The SMILES string of the molecule is CCCCC/C=C\C/C=C\CCCCCCCCCCCC(=O)OC(CCCCCCCCCC)CC(=O)NC(CO)C(O)CCCCCCCCCCC. The topological polar surface area (TPSA) is 95.9 Å². The van der Waals surface area contributed by atoms with Crippen LogP contribution in [0.1, 0.15) is 252 Å². The maximum absolute atomic E-state index is 13.1. The predicted octanol–water partition coefficient (Wildman–Crippen LogP) is 14.0. The van der Waals surface area contributed by atoms with Crippen LogP contribution in [-0.2, 0) is 14.3 Å². The van der Waals surface area contributed by atoms with Gasteiger partial charge in [0.25, 0.3) is 0 Å². The average molecular weight is 776 g/mol. The Balaban J connectivity index is 4.38. The number of hydrogen-bond acceptors (Lipinski definition) is 5. The van der Waals surface area contributed by atoms with Gasteiger partial charge in [0.15, 0.2) is 0 Å². The highest BCUT2D eigenvalue weighted by atomic mass is 16.5. The lowest BCUT2D eigenvalue weighted by atomic mass is 10.0. The smallest absolute Gasteiger partial charge is 0.306 e. The van der Waals surface area contributed by atoms with Crippen LogP contribution in [0.3, 0.4) is 0 Å². The minimum atomic E-state index is -0.781. The van der Waals surface area contributed by atoms with E-state index in [2.05, 4.69) is 50.4 Å². The molecule has 0 saturated carbocycles. The maximum atomic E-state index is 13.1. The molecule has 6 nitrogen and oxygen atoms in total. The van der Waals surface area contributed by atoms with Gasteiger partial charge in [0.1, 0.15) is 6.10 Å². The zero-order valence-corrected chi connectivity index (χ0v) is 36.8. The van der Waals surface area contributed by atoms with E-state index >= 15 is 0 Å². The predicted molar refractivity (Wildman–Crippen MR) is 236 cm³/mol. The molecule has 0 bridgehead atoms. The number of allylic oxidation sites excluding steroid dienone is 4. The summed E-state index contributed by atoms with van der Waals surface area (Å²) < 4.78 is 5.89. The minimum absolute atomic E-state index is 0.0797. The van der Waals surface area contributed by atoms with Crippen molar-refractivity contribution in [3.63, 3.8) is 0 Å². The number of hydrogen-bond donors (Lipinski definition) is 3. The molecule has 324 valence electrons. The Morgan fingerprint density at radius 1 is 0.527 bits per heavy atom. The molecule has 0 heterocycles. The van der Waals surface area contributed by atoms with E-state index in [9.17, 15) is 19.8 Å². The molecule has 0 radical (unpaired) electrons. The summed E-state index contributed by atoms with van der Waals surface area (Å²) in [4.78, 5) is 25.9. The van der Waals surface area contributed by atoms with Crippen LogP contribution in [-0.4, -0.2) is 46.9 Å². The van der Waals surface area contributed by atoms with Gasteiger partial charge in [-0.2, -0.15) is 0 Å². The average Bonchev–Trinajstić information content (AvgIpc) is 3.18. The van der Waals surface area contributed by atoms with Crippen LogP contribution in [0, 0.1) is 0 Å². The van der Waals surface area contributed by atoms with Crippen LogP contribution in [0.4, 0.5) is 0 Å². The molecule has 1 amide bonds. The largest absolute Gasteiger partial charge is 0.462 e. The van der Waals surface area contributed by atoms with Crippen molar-refractivity contribution in [3.8, 4) is 0 Å². The van der Waals surface area contributed by atoms with E-state index in [4.69, 9.17) is 4.74 Å². The maximum Gasteiger partial charge on any atom is 0.306 e. The Morgan fingerprint density at radius 3 is 1.42 bits per heavy atom. The van der Waals surface area contributed by atoms with E-state index in [0.29, 0.717) is 19.3 Å². The summed E-state index contributed by atoms with van der Waals surface area (Å²) in [5.74, 6) is -0.474. The van der Waals surface area contributed by atoms with Gasteiger partial charge < -0.3 is 20.3 Å². The molecule has 0 aliphatic rings. The number of aliphatic hydroxyl groups excluding tert-OH is 2. The van der Waals surface area contributed by atoms with Gasteiger partial charge in [-0.1, -0.05) is 206 Å². The molecule has 0 aromatic heterocycles. The Labute approximate surface area is 341 Å². The molecule has 0 rings (SSSR count). The van der Waals surface area contributed by atoms with Crippen molar-refractivity contribution in [2.24, 2.45) is 0 Å². The fourth-order valence-electron chi connectivity index (χ4n) is 7.34. The molecule has 55 heavy (non-hydrogen) atoms. The van der Waals surface area contributed by atoms with E-state index in [0.717, 1.165) is 57.8 Å². The van der Waals surface area contributed by atoms with Crippen molar-refractivity contribution >= 4 is 11.9 Å². The highest BCUT2D eigenvalue weighted by Crippen LogP contribution is 2.18. The Hall–Kier alpha value is -1.66. The number of rotatable bonds is 43. The van der Waals surface area contributed by atoms with Gasteiger partial charge in [-0.3, -0.25) is 9.59 Å². The molecule has 6 heteroatoms. The quantitative estimate of drug-likeness (QED) is 0.0326. The second-order valence-electron chi connectivity index (χ2n) is 16.5. The normalized spacial score (nSPS) is 13.5. The van der Waals surface area contributed by atoms with Gasteiger partial charge in [0.05, 0.1) is 25.2 Å². The Bertz CT molecular complexity index is 873. The first kappa shape index (κ1) is 53.3. The molecule has 0 aliphatic carbocycles. The van der Waals surface area contributed by atoms with E-state index in [-0.39, 0.29) is 24.9 Å². The lowest BCUT2D eigenvalue weighted by Crippen LogP contribution is -2.46. The highest BCUT2D eigenvalue weighted by molar-refractivity contribution is 5.77. The summed E-state index contributed by atoms with van der Waals surface area (Å²) in [5, 5.41) is 23.6. The van der Waals surface area contributed by atoms with Gasteiger partial charge >= 0.3 is 5.97 Å². The van der Waals surface area contributed by atoms with Crippen molar-refractivity contribution < 1.29 is 24.5 Å².